The highest BCUT2D eigenvalue weighted by molar-refractivity contribution is 5.18. The van der Waals surface area contributed by atoms with E-state index in [4.69, 9.17) is 9.47 Å². The Bertz CT molecular complexity index is 524. The van der Waals surface area contributed by atoms with Gasteiger partial charge in [-0.1, -0.05) is 30.3 Å². The molecule has 0 bridgehead atoms. The van der Waals surface area contributed by atoms with Crippen LogP contribution in [0.1, 0.15) is 19.4 Å². The molecule has 3 aliphatic rings. The van der Waals surface area contributed by atoms with E-state index in [1.54, 1.807) is 0 Å². The smallest absolute Gasteiger partial charge is 0.165 e. The first-order valence-corrected chi connectivity index (χ1v) is 7.57. The summed E-state index contributed by atoms with van der Waals surface area (Å²) in [6, 6.07) is 10.0. The summed E-state index contributed by atoms with van der Waals surface area (Å²) in [6.45, 7) is 5.01. The number of rotatable bonds is 2. The zero-order valence-corrected chi connectivity index (χ0v) is 12.3. The standard InChI is InChI=1S/C16H21FN2O2/c1-16(2)20-14-13-12(18-15(14)21-16)11(17)9-19(13)8-10-6-4-3-5-7-10/h3-7,11-15,18H,8-9H2,1-2H3. The molecule has 0 aliphatic carbocycles. The predicted octanol–water partition coefficient (Wildman–Crippen LogP) is 1.66. The van der Waals surface area contributed by atoms with Crippen LogP contribution in [0.25, 0.3) is 0 Å². The van der Waals surface area contributed by atoms with Gasteiger partial charge in [0.05, 0.1) is 12.1 Å². The fraction of sp³-hybridized carbons (Fsp3) is 0.625. The Morgan fingerprint density at radius 3 is 2.81 bits per heavy atom. The summed E-state index contributed by atoms with van der Waals surface area (Å²) in [5.41, 5.74) is 1.20. The lowest BCUT2D eigenvalue weighted by Crippen LogP contribution is -2.43. The van der Waals surface area contributed by atoms with Crippen molar-refractivity contribution in [2.75, 3.05) is 6.54 Å². The number of alkyl halides is 1. The molecule has 21 heavy (non-hydrogen) atoms. The quantitative estimate of drug-likeness (QED) is 0.899. The Morgan fingerprint density at radius 2 is 2.05 bits per heavy atom. The number of halogens is 1. The highest BCUT2D eigenvalue weighted by Crippen LogP contribution is 2.40. The Balaban J connectivity index is 1.56. The van der Waals surface area contributed by atoms with E-state index < -0.39 is 12.0 Å². The Hall–Kier alpha value is -1.01. The molecule has 4 nitrogen and oxygen atoms in total. The van der Waals surface area contributed by atoms with E-state index in [2.05, 4.69) is 22.3 Å². The number of nitrogens with one attached hydrogen (secondary N) is 1. The van der Waals surface area contributed by atoms with Crippen molar-refractivity contribution in [2.24, 2.45) is 0 Å². The van der Waals surface area contributed by atoms with Crippen LogP contribution < -0.4 is 5.32 Å². The predicted molar refractivity (Wildman–Crippen MR) is 76.3 cm³/mol. The van der Waals surface area contributed by atoms with Crippen molar-refractivity contribution in [3.63, 3.8) is 0 Å². The molecule has 1 aromatic rings. The van der Waals surface area contributed by atoms with E-state index in [1.165, 1.54) is 5.56 Å². The van der Waals surface area contributed by atoms with Crippen LogP contribution in [0, 0.1) is 0 Å². The Kier molecular flexibility index (Phi) is 3.08. The second-order valence-corrected chi connectivity index (χ2v) is 6.63. The fourth-order valence-corrected chi connectivity index (χ4v) is 3.86. The van der Waals surface area contributed by atoms with Gasteiger partial charge < -0.3 is 9.47 Å². The molecule has 0 spiro atoms. The van der Waals surface area contributed by atoms with Crippen LogP contribution in [0.15, 0.2) is 30.3 Å². The van der Waals surface area contributed by atoms with Crippen LogP contribution in [-0.2, 0) is 16.0 Å². The monoisotopic (exact) mass is 292 g/mol. The van der Waals surface area contributed by atoms with Gasteiger partial charge in [0, 0.05) is 13.1 Å². The summed E-state index contributed by atoms with van der Waals surface area (Å²) < 4.78 is 26.2. The molecule has 1 aromatic carbocycles. The Morgan fingerprint density at radius 1 is 1.29 bits per heavy atom. The van der Waals surface area contributed by atoms with Crippen LogP contribution in [-0.4, -0.2) is 47.8 Å². The summed E-state index contributed by atoms with van der Waals surface area (Å²) in [7, 11) is 0. The highest BCUT2D eigenvalue weighted by Gasteiger charge is 2.60. The lowest BCUT2D eigenvalue weighted by molar-refractivity contribution is -0.160. The molecule has 5 heteroatoms. The number of hydrogen-bond acceptors (Lipinski definition) is 4. The molecule has 5 unspecified atom stereocenters. The first-order chi connectivity index (χ1) is 10.0. The van der Waals surface area contributed by atoms with E-state index in [1.807, 2.05) is 32.0 Å². The van der Waals surface area contributed by atoms with Gasteiger partial charge in [0.25, 0.3) is 0 Å². The molecule has 3 fully saturated rings. The lowest BCUT2D eigenvalue weighted by atomic mass is 10.1. The summed E-state index contributed by atoms with van der Waals surface area (Å²) in [6.07, 6.45) is -1.18. The average Bonchev–Trinajstić information content (AvgIpc) is 3.00. The second kappa shape index (κ2) is 4.74. The van der Waals surface area contributed by atoms with Gasteiger partial charge in [-0.15, -0.1) is 0 Å². The first-order valence-electron chi connectivity index (χ1n) is 7.57. The topological polar surface area (TPSA) is 33.7 Å². The summed E-state index contributed by atoms with van der Waals surface area (Å²) in [5, 5.41) is 3.27. The van der Waals surface area contributed by atoms with Crippen molar-refractivity contribution in [3.05, 3.63) is 35.9 Å². The molecular weight excluding hydrogens is 271 g/mol. The van der Waals surface area contributed by atoms with Gasteiger partial charge in [-0.3, -0.25) is 10.2 Å². The molecule has 3 aliphatic heterocycles. The van der Waals surface area contributed by atoms with E-state index in [0.717, 1.165) is 6.54 Å². The number of likely N-dealkylation sites (tertiary alicyclic amines) is 1. The minimum Gasteiger partial charge on any atom is -0.341 e. The van der Waals surface area contributed by atoms with Crippen molar-refractivity contribution >= 4 is 0 Å². The zero-order chi connectivity index (χ0) is 14.6. The van der Waals surface area contributed by atoms with Crippen molar-refractivity contribution in [3.8, 4) is 0 Å². The maximum Gasteiger partial charge on any atom is 0.165 e. The number of nitrogens with zero attached hydrogens (tertiary/aromatic N) is 1. The van der Waals surface area contributed by atoms with Crippen molar-refractivity contribution in [1.82, 2.24) is 10.2 Å². The van der Waals surface area contributed by atoms with Crippen LogP contribution in [0.2, 0.25) is 0 Å². The molecule has 0 aromatic heterocycles. The van der Waals surface area contributed by atoms with Crippen LogP contribution >= 0.6 is 0 Å². The Labute approximate surface area is 124 Å². The third-order valence-electron chi connectivity index (χ3n) is 4.64. The molecule has 3 heterocycles. The molecule has 0 saturated carbocycles. The zero-order valence-electron chi connectivity index (χ0n) is 12.3. The molecule has 0 amide bonds. The van der Waals surface area contributed by atoms with E-state index in [9.17, 15) is 4.39 Å². The van der Waals surface area contributed by atoms with Crippen molar-refractivity contribution in [2.45, 2.75) is 56.8 Å². The molecule has 3 saturated heterocycles. The fourth-order valence-electron chi connectivity index (χ4n) is 3.86. The average molecular weight is 292 g/mol. The van der Waals surface area contributed by atoms with Gasteiger partial charge in [-0.2, -0.15) is 0 Å². The minimum absolute atomic E-state index is 0.0342. The van der Waals surface area contributed by atoms with Crippen LogP contribution in [0.4, 0.5) is 4.39 Å². The molecule has 1 N–H and O–H groups in total. The molecule has 5 atom stereocenters. The van der Waals surface area contributed by atoms with E-state index in [0.29, 0.717) is 6.54 Å². The third-order valence-corrected chi connectivity index (χ3v) is 4.64. The van der Waals surface area contributed by atoms with Gasteiger partial charge in [0.1, 0.15) is 18.5 Å². The molecule has 4 rings (SSSR count). The van der Waals surface area contributed by atoms with Crippen LogP contribution in [0.5, 0.6) is 0 Å². The van der Waals surface area contributed by atoms with Gasteiger partial charge >= 0.3 is 0 Å². The molecule has 114 valence electrons. The normalized spacial score (nSPS) is 41.2. The molecule has 0 radical (unpaired) electrons. The number of benzene rings is 1. The third kappa shape index (κ3) is 2.28. The first kappa shape index (κ1) is 13.6. The van der Waals surface area contributed by atoms with Crippen molar-refractivity contribution in [1.29, 1.82) is 0 Å². The van der Waals surface area contributed by atoms with E-state index >= 15 is 0 Å². The maximum atomic E-state index is 14.3. The lowest BCUT2D eigenvalue weighted by Gasteiger charge is -2.28. The number of hydrogen-bond donors (Lipinski definition) is 1. The second-order valence-electron chi connectivity index (χ2n) is 6.63. The number of fused-ring (bicyclic) bond motifs is 3. The number of ether oxygens (including phenoxy) is 2. The summed E-state index contributed by atoms with van der Waals surface area (Å²) >= 11 is 0. The van der Waals surface area contributed by atoms with Gasteiger partial charge in [-0.05, 0) is 19.4 Å². The molecular formula is C16H21FN2O2. The SMILES string of the molecule is CC1(C)OC2NC3C(F)CN(Cc4ccccc4)C3C2O1. The summed E-state index contributed by atoms with van der Waals surface area (Å²) in [5.74, 6) is -0.597. The van der Waals surface area contributed by atoms with Gasteiger partial charge in [0.2, 0.25) is 0 Å². The maximum absolute atomic E-state index is 14.3. The van der Waals surface area contributed by atoms with Gasteiger partial charge in [0.15, 0.2) is 5.79 Å². The van der Waals surface area contributed by atoms with Gasteiger partial charge in [-0.25, -0.2) is 4.39 Å². The minimum atomic E-state index is -0.875. The van der Waals surface area contributed by atoms with E-state index in [-0.39, 0.29) is 24.4 Å². The largest absolute Gasteiger partial charge is 0.341 e. The highest BCUT2D eigenvalue weighted by atomic mass is 19.1. The van der Waals surface area contributed by atoms with Crippen LogP contribution in [0.3, 0.4) is 0 Å². The van der Waals surface area contributed by atoms with Crippen molar-refractivity contribution < 1.29 is 13.9 Å². The summed E-state index contributed by atoms with van der Waals surface area (Å²) in [4.78, 5) is 2.19.